The molecule has 0 atom stereocenters. The van der Waals surface area contributed by atoms with Crippen LogP contribution in [0.1, 0.15) is 32.1 Å². The number of para-hydroxylation sites is 1. The van der Waals surface area contributed by atoms with Gasteiger partial charge in [0.25, 0.3) is 5.56 Å². The third-order valence-electron chi connectivity index (χ3n) is 4.95. The summed E-state index contributed by atoms with van der Waals surface area (Å²) in [5.74, 6) is -0.501. The number of thioether (sulfide) groups is 1. The lowest BCUT2D eigenvalue weighted by molar-refractivity contribution is -0.117. The predicted octanol–water partition coefficient (Wildman–Crippen LogP) is 2.36. The predicted molar refractivity (Wildman–Crippen MR) is 114 cm³/mol. The molecule has 0 saturated heterocycles. The number of fused-ring (bicyclic) bond motifs is 1. The number of amides is 3. The van der Waals surface area contributed by atoms with E-state index in [-0.39, 0.29) is 22.5 Å². The number of imide groups is 1. The maximum absolute atomic E-state index is 12.4. The molecule has 0 spiro atoms. The van der Waals surface area contributed by atoms with Crippen LogP contribution >= 0.6 is 11.8 Å². The van der Waals surface area contributed by atoms with Gasteiger partial charge in [-0.2, -0.15) is 5.10 Å². The van der Waals surface area contributed by atoms with E-state index in [0.29, 0.717) is 11.0 Å². The van der Waals surface area contributed by atoms with E-state index in [1.807, 2.05) is 30.3 Å². The zero-order chi connectivity index (χ0) is 20.9. The van der Waals surface area contributed by atoms with Gasteiger partial charge in [-0.05, 0) is 25.0 Å². The first kappa shape index (κ1) is 20.1. The SMILES string of the molecule is O=C(CSc1nc2c(cnn2-c2ccccc2)c(=O)[nH]1)NC(=O)NC1CCCCC1. The van der Waals surface area contributed by atoms with Gasteiger partial charge in [0.15, 0.2) is 10.8 Å². The molecule has 1 fully saturated rings. The molecule has 2 heterocycles. The molecular formula is C20H22N6O3S. The number of aromatic amines is 1. The van der Waals surface area contributed by atoms with Crippen molar-refractivity contribution < 1.29 is 9.59 Å². The number of nitrogens with zero attached hydrogens (tertiary/aromatic N) is 3. The van der Waals surface area contributed by atoms with Gasteiger partial charge < -0.3 is 10.3 Å². The van der Waals surface area contributed by atoms with Crippen LogP contribution in [0.3, 0.4) is 0 Å². The van der Waals surface area contributed by atoms with Crippen LogP contribution in [-0.4, -0.2) is 43.5 Å². The average molecular weight is 427 g/mol. The first-order valence-electron chi connectivity index (χ1n) is 9.87. The molecule has 156 valence electrons. The summed E-state index contributed by atoms with van der Waals surface area (Å²) >= 11 is 1.05. The highest BCUT2D eigenvalue weighted by atomic mass is 32.2. The Hall–Kier alpha value is -3.14. The van der Waals surface area contributed by atoms with Crippen molar-refractivity contribution in [1.29, 1.82) is 0 Å². The van der Waals surface area contributed by atoms with Crippen LogP contribution in [0.2, 0.25) is 0 Å². The van der Waals surface area contributed by atoms with E-state index in [4.69, 9.17) is 0 Å². The number of carbonyl (C=O) groups is 2. The minimum Gasteiger partial charge on any atom is -0.335 e. The number of nitrogens with one attached hydrogen (secondary N) is 3. The fourth-order valence-corrected chi connectivity index (χ4v) is 4.15. The van der Waals surface area contributed by atoms with Gasteiger partial charge >= 0.3 is 6.03 Å². The van der Waals surface area contributed by atoms with Crippen molar-refractivity contribution in [1.82, 2.24) is 30.4 Å². The zero-order valence-electron chi connectivity index (χ0n) is 16.3. The Labute approximate surface area is 176 Å². The molecule has 10 heteroatoms. The second-order valence-electron chi connectivity index (χ2n) is 7.15. The maximum Gasteiger partial charge on any atom is 0.321 e. The summed E-state index contributed by atoms with van der Waals surface area (Å²) in [5, 5.41) is 10.1. The minimum atomic E-state index is -0.480. The zero-order valence-corrected chi connectivity index (χ0v) is 17.1. The Kier molecular flexibility index (Phi) is 6.12. The number of urea groups is 1. The Morgan fingerprint density at radius 2 is 1.93 bits per heavy atom. The topological polar surface area (TPSA) is 122 Å². The largest absolute Gasteiger partial charge is 0.335 e. The lowest BCUT2D eigenvalue weighted by Gasteiger charge is -2.22. The summed E-state index contributed by atoms with van der Waals surface area (Å²) in [6, 6.07) is 8.99. The van der Waals surface area contributed by atoms with Gasteiger partial charge in [0.05, 0.1) is 17.6 Å². The van der Waals surface area contributed by atoms with Gasteiger partial charge in [0, 0.05) is 6.04 Å². The first-order chi connectivity index (χ1) is 14.6. The molecule has 30 heavy (non-hydrogen) atoms. The molecular weight excluding hydrogens is 404 g/mol. The monoisotopic (exact) mass is 426 g/mol. The number of carbonyl (C=O) groups excluding carboxylic acids is 2. The Balaban J connectivity index is 1.40. The Morgan fingerprint density at radius 3 is 2.70 bits per heavy atom. The van der Waals surface area contributed by atoms with Crippen molar-refractivity contribution in [3.05, 3.63) is 46.9 Å². The maximum atomic E-state index is 12.4. The summed E-state index contributed by atoms with van der Waals surface area (Å²) in [6.07, 6.45) is 6.72. The molecule has 3 N–H and O–H groups in total. The lowest BCUT2D eigenvalue weighted by Crippen LogP contribution is -2.45. The van der Waals surface area contributed by atoms with Gasteiger partial charge in [-0.15, -0.1) is 0 Å². The van der Waals surface area contributed by atoms with E-state index in [9.17, 15) is 14.4 Å². The van der Waals surface area contributed by atoms with E-state index in [2.05, 4.69) is 25.7 Å². The second kappa shape index (κ2) is 9.12. The highest BCUT2D eigenvalue weighted by molar-refractivity contribution is 7.99. The molecule has 9 nitrogen and oxygen atoms in total. The highest BCUT2D eigenvalue weighted by Gasteiger charge is 2.17. The quantitative estimate of drug-likeness (QED) is 0.425. The summed E-state index contributed by atoms with van der Waals surface area (Å²) in [4.78, 5) is 43.6. The summed E-state index contributed by atoms with van der Waals surface area (Å²) in [5.41, 5.74) is 0.849. The molecule has 2 aromatic heterocycles. The number of hydrogen-bond acceptors (Lipinski definition) is 6. The van der Waals surface area contributed by atoms with Gasteiger partial charge in [-0.3, -0.25) is 14.9 Å². The fraction of sp³-hybridized carbons (Fsp3) is 0.350. The van der Waals surface area contributed by atoms with Gasteiger partial charge in [-0.25, -0.2) is 14.5 Å². The average Bonchev–Trinajstić information content (AvgIpc) is 3.18. The molecule has 3 aromatic rings. The number of H-pyrrole nitrogens is 1. The van der Waals surface area contributed by atoms with Crippen LogP contribution in [0.4, 0.5) is 4.79 Å². The smallest absolute Gasteiger partial charge is 0.321 e. The molecule has 4 rings (SSSR count). The number of aromatic nitrogens is 4. The van der Waals surface area contributed by atoms with Gasteiger partial charge in [-0.1, -0.05) is 49.2 Å². The van der Waals surface area contributed by atoms with Gasteiger partial charge in [0.1, 0.15) is 5.39 Å². The molecule has 0 bridgehead atoms. The minimum absolute atomic E-state index is 0.0496. The lowest BCUT2D eigenvalue weighted by atomic mass is 9.96. The molecule has 1 aromatic carbocycles. The van der Waals surface area contributed by atoms with E-state index >= 15 is 0 Å². The van der Waals surface area contributed by atoms with Crippen LogP contribution in [0, 0.1) is 0 Å². The fourth-order valence-electron chi connectivity index (χ4n) is 3.49. The highest BCUT2D eigenvalue weighted by Crippen LogP contribution is 2.18. The summed E-state index contributed by atoms with van der Waals surface area (Å²) < 4.78 is 1.58. The number of rotatable bonds is 5. The van der Waals surface area contributed by atoms with Crippen LogP contribution in [0.25, 0.3) is 16.7 Å². The molecule has 0 unspecified atom stereocenters. The van der Waals surface area contributed by atoms with E-state index in [1.165, 1.54) is 12.6 Å². The number of benzene rings is 1. The van der Waals surface area contributed by atoms with E-state index in [0.717, 1.165) is 43.1 Å². The van der Waals surface area contributed by atoms with Crippen LogP contribution in [0.5, 0.6) is 0 Å². The van der Waals surface area contributed by atoms with Crippen molar-refractivity contribution in [3.63, 3.8) is 0 Å². The third kappa shape index (κ3) is 4.70. The number of hydrogen-bond donors (Lipinski definition) is 3. The Bertz CT molecular complexity index is 1100. The van der Waals surface area contributed by atoms with E-state index < -0.39 is 11.9 Å². The molecule has 1 aliphatic rings. The van der Waals surface area contributed by atoms with E-state index in [1.54, 1.807) is 4.68 Å². The molecule has 1 aliphatic carbocycles. The molecule has 1 saturated carbocycles. The first-order valence-corrected chi connectivity index (χ1v) is 10.9. The second-order valence-corrected chi connectivity index (χ2v) is 8.11. The third-order valence-corrected chi connectivity index (χ3v) is 5.82. The molecule has 0 radical (unpaired) electrons. The van der Waals surface area contributed by atoms with Crippen LogP contribution < -0.4 is 16.2 Å². The van der Waals surface area contributed by atoms with Crippen molar-refractivity contribution in [3.8, 4) is 5.69 Å². The van der Waals surface area contributed by atoms with Crippen LogP contribution in [0.15, 0.2) is 46.5 Å². The van der Waals surface area contributed by atoms with Crippen molar-refractivity contribution >= 4 is 34.7 Å². The van der Waals surface area contributed by atoms with Crippen molar-refractivity contribution in [2.24, 2.45) is 0 Å². The summed E-state index contributed by atoms with van der Waals surface area (Å²) in [6.45, 7) is 0. The van der Waals surface area contributed by atoms with Crippen molar-refractivity contribution in [2.75, 3.05) is 5.75 Å². The molecule has 0 aliphatic heterocycles. The van der Waals surface area contributed by atoms with Crippen LogP contribution in [-0.2, 0) is 4.79 Å². The standard InChI is InChI=1S/C20H22N6O3S/c27-16(23-19(29)22-13-7-3-1-4-8-13)12-30-20-24-17-15(18(28)25-20)11-21-26(17)14-9-5-2-6-10-14/h2,5-6,9-11,13H,1,3-4,7-8,12H2,(H,24,25,28)(H2,22,23,27,29). The molecule has 3 amide bonds. The Morgan fingerprint density at radius 1 is 1.17 bits per heavy atom. The van der Waals surface area contributed by atoms with Gasteiger partial charge in [0.2, 0.25) is 5.91 Å². The van der Waals surface area contributed by atoms with Crippen molar-refractivity contribution in [2.45, 2.75) is 43.3 Å². The summed E-state index contributed by atoms with van der Waals surface area (Å²) in [7, 11) is 0. The normalized spacial score (nSPS) is 14.5.